The van der Waals surface area contributed by atoms with Crippen LogP contribution >= 0.6 is 0 Å². The molecular formula is C15H15NO3. The molecule has 0 saturated heterocycles. The van der Waals surface area contributed by atoms with E-state index in [4.69, 9.17) is 4.42 Å². The highest BCUT2D eigenvalue weighted by atomic mass is 16.4. The molecule has 0 fully saturated rings. The minimum absolute atomic E-state index is 0.131. The van der Waals surface area contributed by atoms with Gasteiger partial charge in [-0.1, -0.05) is 12.1 Å². The van der Waals surface area contributed by atoms with Crippen LogP contribution in [0.15, 0.2) is 41.0 Å². The number of hydrogen-bond donors (Lipinski definition) is 1. The number of carbonyl (C=O) groups is 1. The number of fused-ring (bicyclic) bond motifs is 1. The molecule has 0 aliphatic carbocycles. The normalized spacial score (nSPS) is 16.3. The van der Waals surface area contributed by atoms with Gasteiger partial charge in [-0.05, 0) is 35.7 Å². The molecule has 19 heavy (non-hydrogen) atoms. The van der Waals surface area contributed by atoms with E-state index in [1.54, 1.807) is 30.3 Å². The first kappa shape index (κ1) is 12.0. The number of aliphatic hydroxyl groups is 1. The third kappa shape index (κ3) is 2.04. The number of aliphatic hydroxyl groups excluding tert-OH is 1. The Morgan fingerprint density at radius 2 is 2.16 bits per heavy atom. The molecule has 1 N–H and O–H groups in total. The van der Waals surface area contributed by atoms with Crippen LogP contribution in [0.3, 0.4) is 0 Å². The predicted molar refractivity (Wildman–Crippen MR) is 70.9 cm³/mol. The van der Waals surface area contributed by atoms with Crippen molar-refractivity contribution in [3.8, 4) is 0 Å². The zero-order valence-electron chi connectivity index (χ0n) is 10.7. The summed E-state index contributed by atoms with van der Waals surface area (Å²) in [5.41, 5.74) is 2.80. The summed E-state index contributed by atoms with van der Waals surface area (Å²) in [6.07, 6.45) is 2.02. The summed E-state index contributed by atoms with van der Waals surface area (Å²) in [6.45, 7) is 0. The number of benzene rings is 1. The molecule has 1 aliphatic heterocycles. The predicted octanol–water partition coefficient (Wildman–Crippen LogP) is 2.27. The lowest BCUT2D eigenvalue weighted by Crippen LogP contribution is -2.31. The first-order valence-corrected chi connectivity index (χ1v) is 6.27. The van der Waals surface area contributed by atoms with Crippen molar-refractivity contribution in [3.05, 3.63) is 53.5 Å². The molecule has 1 aromatic carbocycles. The minimum atomic E-state index is -0.761. The standard InChI is InChI=1S/C15H15NO3/c1-16-12-6-4-11(9-10(12)5-7-14(16)17)15(18)13-3-2-8-19-13/h2-4,6,8-9,15,18H,5,7H2,1H3. The van der Waals surface area contributed by atoms with Gasteiger partial charge in [-0.25, -0.2) is 0 Å². The van der Waals surface area contributed by atoms with Crippen LogP contribution in [0.2, 0.25) is 0 Å². The van der Waals surface area contributed by atoms with Crippen molar-refractivity contribution in [2.24, 2.45) is 0 Å². The fourth-order valence-electron chi connectivity index (χ4n) is 2.46. The molecule has 2 heterocycles. The van der Waals surface area contributed by atoms with E-state index >= 15 is 0 Å². The molecule has 3 rings (SSSR count). The highest BCUT2D eigenvalue weighted by Gasteiger charge is 2.22. The lowest BCUT2D eigenvalue weighted by atomic mass is 9.96. The molecule has 98 valence electrons. The number of furan rings is 1. The Morgan fingerprint density at radius 1 is 1.32 bits per heavy atom. The number of nitrogens with zero attached hydrogens (tertiary/aromatic N) is 1. The van der Waals surface area contributed by atoms with E-state index < -0.39 is 6.10 Å². The Bertz CT molecular complexity index is 604. The van der Waals surface area contributed by atoms with Gasteiger partial charge in [0.25, 0.3) is 0 Å². The molecule has 1 aromatic heterocycles. The third-order valence-electron chi connectivity index (χ3n) is 3.58. The summed E-state index contributed by atoms with van der Waals surface area (Å²) in [4.78, 5) is 13.3. The Hall–Kier alpha value is -2.07. The summed E-state index contributed by atoms with van der Waals surface area (Å²) >= 11 is 0. The molecule has 1 unspecified atom stereocenters. The van der Waals surface area contributed by atoms with Crippen molar-refractivity contribution < 1.29 is 14.3 Å². The molecular weight excluding hydrogens is 242 g/mol. The summed E-state index contributed by atoms with van der Waals surface area (Å²) in [6, 6.07) is 9.17. The molecule has 1 amide bonds. The Balaban J connectivity index is 1.96. The van der Waals surface area contributed by atoms with Gasteiger partial charge in [0.1, 0.15) is 11.9 Å². The second-order valence-electron chi connectivity index (χ2n) is 4.76. The number of anilines is 1. The van der Waals surface area contributed by atoms with Crippen molar-refractivity contribution in [2.45, 2.75) is 18.9 Å². The van der Waals surface area contributed by atoms with E-state index in [1.807, 2.05) is 18.2 Å². The fourth-order valence-corrected chi connectivity index (χ4v) is 2.46. The minimum Gasteiger partial charge on any atom is -0.466 e. The lowest BCUT2D eigenvalue weighted by molar-refractivity contribution is -0.118. The summed E-state index contributed by atoms with van der Waals surface area (Å²) in [7, 11) is 1.78. The average Bonchev–Trinajstić information content (AvgIpc) is 2.96. The molecule has 1 atom stereocenters. The Kier molecular flexibility index (Phi) is 2.87. The summed E-state index contributed by atoms with van der Waals surface area (Å²) in [5.74, 6) is 0.659. The fraction of sp³-hybridized carbons (Fsp3) is 0.267. The van der Waals surface area contributed by atoms with E-state index in [2.05, 4.69) is 0 Å². The van der Waals surface area contributed by atoms with Crippen molar-refractivity contribution in [1.29, 1.82) is 0 Å². The highest BCUT2D eigenvalue weighted by Crippen LogP contribution is 2.31. The van der Waals surface area contributed by atoms with Gasteiger partial charge in [-0.2, -0.15) is 0 Å². The van der Waals surface area contributed by atoms with E-state index in [-0.39, 0.29) is 5.91 Å². The van der Waals surface area contributed by atoms with Gasteiger partial charge in [-0.15, -0.1) is 0 Å². The third-order valence-corrected chi connectivity index (χ3v) is 3.58. The summed E-state index contributed by atoms with van der Waals surface area (Å²) in [5, 5.41) is 10.2. The van der Waals surface area contributed by atoms with Gasteiger partial charge in [0, 0.05) is 19.2 Å². The molecule has 0 bridgehead atoms. The van der Waals surface area contributed by atoms with Crippen molar-refractivity contribution in [3.63, 3.8) is 0 Å². The van der Waals surface area contributed by atoms with Crippen LogP contribution in [0.4, 0.5) is 5.69 Å². The summed E-state index contributed by atoms with van der Waals surface area (Å²) < 4.78 is 5.22. The molecule has 4 heteroatoms. The zero-order valence-corrected chi connectivity index (χ0v) is 10.7. The first-order valence-electron chi connectivity index (χ1n) is 6.27. The smallest absolute Gasteiger partial charge is 0.227 e. The van der Waals surface area contributed by atoms with Crippen molar-refractivity contribution >= 4 is 11.6 Å². The maximum absolute atomic E-state index is 11.6. The molecule has 0 spiro atoms. The average molecular weight is 257 g/mol. The largest absolute Gasteiger partial charge is 0.466 e. The number of hydrogen-bond acceptors (Lipinski definition) is 3. The zero-order chi connectivity index (χ0) is 13.4. The highest BCUT2D eigenvalue weighted by molar-refractivity contribution is 5.95. The van der Waals surface area contributed by atoms with Gasteiger partial charge < -0.3 is 14.4 Å². The maximum atomic E-state index is 11.6. The van der Waals surface area contributed by atoms with E-state index in [1.165, 1.54) is 0 Å². The molecule has 4 nitrogen and oxygen atoms in total. The Labute approximate surface area is 111 Å². The number of aryl methyl sites for hydroxylation is 1. The van der Waals surface area contributed by atoms with Crippen LogP contribution in [-0.4, -0.2) is 18.1 Å². The van der Waals surface area contributed by atoms with Gasteiger partial charge >= 0.3 is 0 Å². The van der Waals surface area contributed by atoms with Crippen LogP contribution in [0.1, 0.15) is 29.4 Å². The van der Waals surface area contributed by atoms with Crippen LogP contribution in [0.25, 0.3) is 0 Å². The lowest BCUT2D eigenvalue weighted by Gasteiger charge is -2.26. The van der Waals surface area contributed by atoms with Crippen LogP contribution in [0, 0.1) is 0 Å². The molecule has 0 radical (unpaired) electrons. The first-order chi connectivity index (χ1) is 9.16. The van der Waals surface area contributed by atoms with Gasteiger partial charge in [0.2, 0.25) is 5.91 Å². The van der Waals surface area contributed by atoms with E-state index in [0.29, 0.717) is 12.2 Å². The quantitative estimate of drug-likeness (QED) is 0.898. The Morgan fingerprint density at radius 3 is 2.89 bits per heavy atom. The van der Waals surface area contributed by atoms with Crippen LogP contribution in [-0.2, 0) is 11.2 Å². The number of rotatable bonds is 2. The van der Waals surface area contributed by atoms with Crippen molar-refractivity contribution in [1.82, 2.24) is 0 Å². The van der Waals surface area contributed by atoms with Gasteiger partial charge in [0.05, 0.1) is 6.26 Å². The van der Waals surface area contributed by atoms with E-state index in [0.717, 1.165) is 23.2 Å². The van der Waals surface area contributed by atoms with E-state index in [9.17, 15) is 9.90 Å². The van der Waals surface area contributed by atoms with Gasteiger partial charge in [0.15, 0.2) is 0 Å². The second-order valence-corrected chi connectivity index (χ2v) is 4.76. The van der Waals surface area contributed by atoms with Crippen molar-refractivity contribution in [2.75, 3.05) is 11.9 Å². The monoisotopic (exact) mass is 257 g/mol. The molecule has 1 aliphatic rings. The number of amides is 1. The molecule has 2 aromatic rings. The number of carbonyl (C=O) groups excluding carboxylic acids is 1. The van der Waals surface area contributed by atoms with Crippen LogP contribution < -0.4 is 4.90 Å². The SMILES string of the molecule is CN1C(=O)CCc2cc(C(O)c3ccco3)ccc21. The maximum Gasteiger partial charge on any atom is 0.227 e. The molecule has 0 saturated carbocycles. The van der Waals surface area contributed by atoms with Gasteiger partial charge in [-0.3, -0.25) is 4.79 Å². The topological polar surface area (TPSA) is 53.7 Å². The van der Waals surface area contributed by atoms with Crippen LogP contribution in [0.5, 0.6) is 0 Å². The second kappa shape index (κ2) is 4.55.